The van der Waals surface area contributed by atoms with Crippen molar-refractivity contribution in [2.24, 2.45) is 0 Å². The van der Waals surface area contributed by atoms with Crippen LogP contribution in [-0.4, -0.2) is 13.0 Å². The highest BCUT2D eigenvalue weighted by Crippen LogP contribution is 2.25. The van der Waals surface area contributed by atoms with Gasteiger partial charge in [-0.25, -0.2) is 4.39 Å². The number of hydrogen-bond donors (Lipinski definition) is 1. The second-order valence-corrected chi connectivity index (χ2v) is 3.99. The molecule has 2 aromatic rings. The summed E-state index contributed by atoms with van der Waals surface area (Å²) in [6.07, 6.45) is 0. The van der Waals surface area contributed by atoms with Gasteiger partial charge in [0.15, 0.2) is 0 Å². The Bertz CT molecular complexity index is 693. The molecule has 2 rings (SSSR count). The van der Waals surface area contributed by atoms with E-state index in [0.29, 0.717) is 16.9 Å². The highest BCUT2D eigenvalue weighted by atomic mass is 19.1. The van der Waals surface area contributed by atoms with E-state index >= 15 is 0 Å². The normalized spacial score (nSPS) is 9.65. The van der Waals surface area contributed by atoms with E-state index in [0.717, 1.165) is 0 Å². The van der Waals surface area contributed by atoms with Gasteiger partial charge in [-0.3, -0.25) is 4.79 Å². The van der Waals surface area contributed by atoms with Gasteiger partial charge in [0.2, 0.25) is 0 Å². The highest BCUT2D eigenvalue weighted by Gasteiger charge is 2.11. The van der Waals surface area contributed by atoms with Gasteiger partial charge >= 0.3 is 0 Å². The molecule has 0 aliphatic heterocycles. The monoisotopic (exact) mass is 270 g/mol. The molecule has 5 heteroatoms. The van der Waals surface area contributed by atoms with Gasteiger partial charge in [-0.15, -0.1) is 0 Å². The van der Waals surface area contributed by atoms with Gasteiger partial charge in [0, 0.05) is 11.6 Å². The number of halogens is 1. The molecule has 0 radical (unpaired) electrons. The maximum Gasteiger partial charge on any atom is 0.255 e. The summed E-state index contributed by atoms with van der Waals surface area (Å²) in [6, 6.07) is 12.0. The first-order chi connectivity index (χ1) is 9.63. The summed E-state index contributed by atoms with van der Waals surface area (Å²) in [5.74, 6) is -0.561. The zero-order valence-corrected chi connectivity index (χ0v) is 10.7. The smallest absolute Gasteiger partial charge is 0.255 e. The van der Waals surface area contributed by atoms with Crippen molar-refractivity contribution in [1.82, 2.24) is 0 Å². The van der Waals surface area contributed by atoms with Crippen molar-refractivity contribution < 1.29 is 13.9 Å². The fourth-order valence-corrected chi connectivity index (χ4v) is 1.70. The summed E-state index contributed by atoms with van der Waals surface area (Å²) in [5, 5.41) is 11.4. The van der Waals surface area contributed by atoms with Gasteiger partial charge in [0.1, 0.15) is 11.6 Å². The number of nitriles is 1. The molecule has 0 aromatic heterocycles. The number of amides is 1. The predicted molar refractivity (Wildman–Crippen MR) is 72.1 cm³/mol. The van der Waals surface area contributed by atoms with Crippen LogP contribution in [0.15, 0.2) is 42.5 Å². The van der Waals surface area contributed by atoms with Crippen molar-refractivity contribution in [3.8, 4) is 11.8 Å². The highest BCUT2D eigenvalue weighted by molar-refractivity contribution is 6.05. The third-order valence-electron chi connectivity index (χ3n) is 2.66. The number of carbonyl (C=O) groups is 1. The molecule has 0 atom stereocenters. The lowest BCUT2D eigenvalue weighted by molar-refractivity contribution is 0.102. The summed E-state index contributed by atoms with van der Waals surface area (Å²) >= 11 is 0. The third-order valence-corrected chi connectivity index (χ3v) is 2.66. The average Bonchev–Trinajstić information content (AvgIpc) is 2.47. The van der Waals surface area contributed by atoms with Gasteiger partial charge in [-0.05, 0) is 30.3 Å². The summed E-state index contributed by atoms with van der Waals surface area (Å²) in [6.45, 7) is 0. The van der Waals surface area contributed by atoms with Crippen molar-refractivity contribution in [3.63, 3.8) is 0 Å². The minimum Gasteiger partial charge on any atom is -0.495 e. The van der Waals surface area contributed by atoms with Crippen LogP contribution >= 0.6 is 0 Å². The molecule has 0 bridgehead atoms. The molecule has 4 nitrogen and oxygen atoms in total. The molecule has 0 aliphatic carbocycles. The Labute approximate surface area is 115 Å². The van der Waals surface area contributed by atoms with Crippen LogP contribution in [0.25, 0.3) is 0 Å². The number of rotatable bonds is 3. The van der Waals surface area contributed by atoms with Crippen LogP contribution in [0.1, 0.15) is 15.9 Å². The minimum atomic E-state index is -0.480. The van der Waals surface area contributed by atoms with E-state index in [4.69, 9.17) is 10.00 Å². The molecule has 0 aliphatic rings. The quantitative estimate of drug-likeness (QED) is 0.932. The molecule has 2 aromatic carbocycles. The van der Waals surface area contributed by atoms with Gasteiger partial charge in [0.05, 0.1) is 24.4 Å². The van der Waals surface area contributed by atoms with E-state index in [-0.39, 0.29) is 5.69 Å². The van der Waals surface area contributed by atoms with Crippen molar-refractivity contribution in [3.05, 3.63) is 59.4 Å². The van der Waals surface area contributed by atoms with Crippen LogP contribution in [0.5, 0.6) is 5.75 Å². The van der Waals surface area contributed by atoms with Gasteiger partial charge < -0.3 is 10.1 Å². The number of ether oxygens (including phenoxy) is 1. The number of benzene rings is 2. The van der Waals surface area contributed by atoms with Crippen molar-refractivity contribution in [1.29, 1.82) is 5.26 Å². The van der Waals surface area contributed by atoms with Gasteiger partial charge in [-0.2, -0.15) is 5.26 Å². The van der Waals surface area contributed by atoms with E-state index in [1.807, 2.05) is 6.07 Å². The number of methoxy groups -OCH3 is 1. The fraction of sp³-hybridized carbons (Fsp3) is 0.0667. The summed E-state index contributed by atoms with van der Waals surface area (Å²) in [5.41, 5.74) is 0.930. The summed E-state index contributed by atoms with van der Waals surface area (Å²) in [7, 11) is 1.43. The van der Waals surface area contributed by atoms with Gasteiger partial charge in [0.25, 0.3) is 5.91 Å². The van der Waals surface area contributed by atoms with E-state index in [1.54, 1.807) is 18.2 Å². The van der Waals surface area contributed by atoms with E-state index in [2.05, 4.69) is 5.32 Å². The molecule has 1 amide bonds. The number of nitrogens with one attached hydrogen (secondary N) is 1. The summed E-state index contributed by atoms with van der Waals surface area (Å²) in [4.78, 5) is 12.1. The van der Waals surface area contributed by atoms with E-state index in [9.17, 15) is 9.18 Å². The molecule has 20 heavy (non-hydrogen) atoms. The first-order valence-corrected chi connectivity index (χ1v) is 5.79. The first-order valence-electron chi connectivity index (χ1n) is 5.79. The van der Waals surface area contributed by atoms with E-state index < -0.39 is 11.7 Å². The number of hydrogen-bond acceptors (Lipinski definition) is 3. The largest absolute Gasteiger partial charge is 0.495 e. The van der Waals surface area contributed by atoms with Crippen LogP contribution in [0.3, 0.4) is 0 Å². The third kappa shape index (κ3) is 2.93. The van der Waals surface area contributed by atoms with Crippen LogP contribution < -0.4 is 10.1 Å². The summed E-state index contributed by atoms with van der Waals surface area (Å²) < 4.78 is 18.3. The maximum atomic E-state index is 13.2. The standard InChI is InChI=1S/C15H11FN2O2/c1-20-14-6-5-12(16)8-13(14)18-15(19)11-4-2-3-10(7-11)9-17/h2-8H,1H3,(H,18,19). The topological polar surface area (TPSA) is 62.1 Å². The lowest BCUT2D eigenvalue weighted by Crippen LogP contribution is -2.13. The molecule has 0 saturated carbocycles. The Morgan fingerprint density at radius 2 is 2.10 bits per heavy atom. The minimum absolute atomic E-state index is 0.236. The molecule has 0 saturated heterocycles. The maximum absolute atomic E-state index is 13.2. The zero-order valence-electron chi connectivity index (χ0n) is 10.7. The molecular weight excluding hydrogens is 259 g/mol. The predicted octanol–water partition coefficient (Wildman–Crippen LogP) is 2.96. The number of nitrogens with zero attached hydrogens (tertiary/aromatic N) is 1. The van der Waals surface area contributed by atoms with Crippen LogP contribution in [-0.2, 0) is 0 Å². The van der Waals surface area contributed by atoms with E-state index in [1.165, 1.54) is 31.4 Å². The molecule has 0 heterocycles. The van der Waals surface area contributed by atoms with Gasteiger partial charge in [-0.1, -0.05) is 6.07 Å². The van der Waals surface area contributed by atoms with Crippen molar-refractivity contribution >= 4 is 11.6 Å². The number of anilines is 1. The lowest BCUT2D eigenvalue weighted by atomic mass is 10.1. The lowest BCUT2D eigenvalue weighted by Gasteiger charge is -2.10. The second-order valence-electron chi connectivity index (χ2n) is 3.99. The Hall–Kier alpha value is -2.87. The SMILES string of the molecule is COc1ccc(F)cc1NC(=O)c1cccc(C#N)c1. The Kier molecular flexibility index (Phi) is 3.96. The van der Waals surface area contributed by atoms with Crippen molar-refractivity contribution in [2.45, 2.75) is 0 Å². The Balaban J connectivity index is 2.27. The zero-order chi connectivity index (χ0) is 14.5. The number of carbonyl (C=O) groups excluding carboxylic acids is 1. The average molecular weight is 270 g/mol. The van der Waals surface area contributed by atoms with Crippen molar-refractivity contribution in [2.75, 3.05) is 12.4 Å². The van der Waals surface area contributed by atoms with Crippen LogP contribution in [0.2, 0.25) is 0 Å². The Morgan fingerprint density at radius 1 is 1.30 bits per heavy atom. The molecule has 100 valence electrons. The van der Waals surface area contributed by atoms with Crippen LogP contribution in [0.4, 0.5) is 10.1 Å². The van der Waals surface area contributed by atoms with Crippen LogP contribution in [0, 0.1) is 17.1 Å². The molecule has 0 spiro atoms. The molecular formula is C15H11FN2O2. The first kappa shape index (κ1) is 13.6. The second kappa shape index (κ2) is 5.85. The molecule has 0 unspecified atom stereocenters. The molecule has 1 N–H and O–H groups in total. The Morgan fingerprint density at radius 3 is 2.80 bits per heavy atom. The fourth-order valence-electron chi connectivity index (χ4n) is 1.70. The molecule has 0 fully saturated rings.